The zero-order chi connectivity index (χ0) is 16.0. The highest BCUT2D eigenvalue weighted by molar-refractivity contribution is 9.08. The van der Waals surface area contributed by atoms with Gasteiger partial charge in [-0.15, -0.1) is 13.2 Å². The molecule has 0 aliphatic rings. The molecule has 0 aliphatic heterocycles. The van der Waals surface area contributed by atoms with Crippen LogP contribution < -0.4 is 4.74 Å². The Morgan fingerprint density at radius 3 is 2.57 bits per heavy atom. The molecule has 1 rings (SSSR count). The highest BCUT2D eigenvalue weighted by atomic mass is 79.9. The molecule has 0 heterocycles. The van der Waals surface area contributed by atoms with E-state index in [0.29, 0.717) is 0 Å². The van der Waals surface area contributed by atoms with Crippen LogP contribution in [0.2, 0.25) is 0 Å². The number of nitriles is 1. The van der Waals surface area contributed by atoms with E-state index < -0.39 is 18.1 Å². The zero-order valence-corrected chi connectivity index (χ0v) is 12.5. The van der Waals surface area contributed by atoms with Crippen molar-refractivity contribution in [3.8, 4) is 11.8 Å². The molecule has 8 heteroatoms. The molecule has 0 amide bonds. The Balaban J connectivity index is 3.25. The van der Waals surface area contributed by atoms with E-state index in [4.69, 9.17) is 10.00 Å². The normalized spacial score (nSPS) is 10.9. The standard InChI is InChI=1S/C13H11BrF3NO3/c1-2-20-12(19)5-9-3-8(7-18)4-11(10(9)6-14)21-13(15,16)17/h3-4H,2,5-6H2,1H3. The van der Waals surface area contributed by atoms with Gasteiger partial charge in [0, 0.05) is 10.9 Å². The van der Waals surface area contributed by atoms with Crippen LogP contribution in [0.3, 0.4) is 0 Å². The smallest absolute Gasteiger partial charge is 0.466 e. The van der Waals surface area contributed by atoms with Gasteiger partial charge in [0.25, 0.3) is 0 Å². The molecular weight excluding hydrogens is 355 g/mol. The van der Waals surface area contributed by atoms with Crippen LogP contribution in [-0.2, 0) is 21.3 Å². The van der Waals surface area contributed by atoms with Gasteiger partial charge >= 0.3 is 12.3 Å². The summed E-state index contributed by atoms with van der Waals surface area (Å²) in [7, 11) is 0. The van der Waals surface area contributed by atoms with E-state index in [9.17, 15) is 18.0 Å². The van der Waals surface area contributed by atoms with Gasteiger partial charge in [0.1, 0.15) is 5.75 Å². The molecule has 21 heavy (non-hydrogen) atoms. The number of hydrogen-bond acceptors (Lipinski definition) is 4. The second-order valence-corrected chi connectivity index (χ2v) is 4.45. The molecule has 0 aromatic heterocycles. The maximum absolute atomic E-state index is 12.4. The molecule has 4 nitrogen and oxygen atoms in total. The van der Waals surface area contributed by atoms with Crippen LogP contribution in [0.5, 0.6) is 5.75 Å². The molecule has 0 saturated heterocycles. The molecule has 0 radical (unpaired) electrons. The topological polar surface area (TPSA) is 59.3 Å². The fourth-order valence-electron chi connectivity index (χ4n) is 1.66. The van der Waals surface area contributed by atoms with Crippen LogP contribution in [0.1, 0.15) is 23.6 Å². The first kappa shape index (κ1) is 17.3. The lowest BCUT2D eigenvalue weighted by Gasteiger charge is -2.15. The second-order valence-electron chi connectivity index (χ2n) is 3.89. The molecule has 0 unspecified atom stereocenters. The van der Waals surface area contributed by atoms with Gasteiger partial charge < -0.3 is 9.47 Å². The van der Waals surface area contributed by atoms with Gasteiger partial charge in [-0.2, -0.15) is 5.26 Å². The molecule has 0 aliphatic carbocycles. The molecule has 0 N–H and O–H groups in total. The van der Waals surface area contributed by atoms with Crippen molar-refractivity contribution < 1.29 is 27.4 Å². The Morgan fingerprint density at radius 1 is 1.43 bits per heavy atom. The zero-order valence-electron chi connectivity index (χ0n) is 11.0. The fourth-order valence-corrected chi connectivity index (χ4v) is 2.30. The Hall–Kier alpha value is -1.75. The summed E-state index contributed by atoms with van der Waals surface area (Å²) in [6, 6.07) is 4.06. The summed E-state index contributed by atoms with van der Waals surface area (Å²) in [5.41, 5.74) is 0.376. The number of carbonyl (C=O) groups excluding carboxylic acids is 1. The maximum Gasteiger partial charge on any atom is 0.573 e. The van der Waals surface area contributed by atoms with Crippen LogP contribution in [-0.4, -0.2) is 18.9 Å². The first-order chi connectivity index (χ1) is 9.80. The molecular formula is C13H11BrF3NO3. The minimum absolute atomic E-state index is 0.0294. The third kappa shape index (κ3) is 5.27. The quantitative estimate of drug-likeness (QED) is 0.592. The number of alkyl halides is 4. The molecule has 0 spiro atoms. The lowest BCUT2D eigenvalue weighted by atomic mass is 10.0. The molecule has 114 valence electrons. The van der Waals surface area contributed by atoms with E-state index in [1.807, 2.05) is 0 Å². The van der Waals surface area contributed by atoms with Gasteiger partial charge in [0.15, 0.2) is 0 Å². The van der Waals surface area contributed by atoms with Crippen LogP contribution in [0.25, 0.3) is 0 Å². The number of halogens is 4. The summed E-state index contributed by atoms with van der Waals surface area (Å²) in [4.78, 5) is 11.5. The van der Waals surface area contributed by atoms with E-state index in [2.05, 4.69) is 20.7 Å². The molecule has 1 aromatic carbocycles. The Kier molecular flexibility index (Phi) is 6.03. The Labute approximate surface area is 127 Å². The van der Waals surface area contributed by atoms with Gasteiger partial charge in [-0.3, -0.25) is 4.79 Å². The van der Waals surface area contributed by atoms with Gasteiger partial charge in [-0.1, -0.05) is 15.9 Å². The summed E-state index contributed by atoms with van der Waals surface area (Å²) < 4.78 is 45.9. The minimum atomic E-state index is -4.88. The molecule has 0 saturated carbocycles. The molecule has 0 fully saturated rings. The van der Waals surface area contributed by atoms with E-state index in [1.54, 1.807) is 13.0 Å². The maximum atomic E-state index is 12.4. The summed E-state index contributed by atoms with van der Waals surface area (Å²) in [5.74, 6) is -1.09. The van der Waals surface area contributed by atoms with Crippen molar-refractivity contribution in [3.63, 3.8) is 0 Å². The predicted molar refractivity (Wildman–Crippen MR) is 70.8 cm³/mol. The summed E-state index contributed by atoms with van der Waals surface area (Å²) in [6.45, 7) is 1.78. The summed E-state index contributed by atoms with van der Waals surface area (Å²) >= 11 is 3.06. The number of carbonyl (C=O) groups is 1. The monoisotopic (exact) mass is 365 g/mol. The number of hydrogen-bond donors (Lipinski definition) is 0. The lowest BCUT2D eigenvalue weighted by molar-refractivity contribution is -0.274. The van der Waals surface area contributed by atoms with Crippen molar-refractivity contribution in [3.05, 3.63) is 28.8 Å². The van der Waals surface area contributed by atoms with Crippen LogP contribution >= 0.6 is 15.9 Å². The third-order valence-corrected chi connectivity index (χ3v) is 2.99. The van der Waals surface area contributed by atoms with Crippen molar-refractivity contribution in [2.24, 2.45) is 0 Å². The predicted octanol–water partition coefficient (Wildman–Crippen LogP) is 3.46. The van der Waals surface area contributed by atoms with Gasteiger partial charge in [-0.05, 0) is 24.6 Å². The highest BCUT2D eigenvalue weighted by Gasteiger charge is 2.32. The molecule has 0 bridgehead atoms. The van der Waals surface area contributed by atoms with Crippen LogP contribution in [0, 0.1) is 11.3 Å². The van der Waals surface area contributed by atoms with Gasteiger partial charge in [0.2, 0.25) is 0 Å². The van der Waals surface area contributed by atoms with E-state index in [0.717, 1.165) is 6.07 Å². The average molecular weight is 366 g/mol. The second kappa shape index (κ2) is 7.31. The fraction of sp³-hybridized carbons (Fsp3) is 0.385. The number of nitrogens with zero attached hydrogens (tertiary/aromatic N) is 1. The van der Waals surface area contributed by atoms with E-state index in [1.165, 1.54) is 6.07 Å². The number of esters is 1. The van der Waals surface area contributed by atoms with Crippen LogP contribution in [0.15, 0.2) is 12.1 Å². The van der Waals surface area contributed by atoms with Crippen molar-refractivity contribution in [2.75, 3.05) is 6.61 Å². The SMILES string of the molecule is CCOC(=O)Cc1cc(C#N)cc(OC(F)(F)F)c1CBr. The first-order valence-corrected chi connectivity index (χ1v) is 6.96. The van der Waals surface area contributed by atoms with Crippen molar-refractivity contribution in [1.82, 2.24) is 0 Å². The van der Waals surface area contributed by atoms with Gasteiger partial charge in [-0.25, -0.2) is 0 Å². The number of ether oxygens (including phenoxy) is 2. The average Bonchev–Trinajstić information content (AvgIpc) is 2.36. The largest absolute Gasteiger partial charge is 0.573 e. The lowest BCUT2D eigenvalue weighted by Crippen LogP contribution is -2.19. The number of benzene rings is 1. The van der Waals surface area contributed by atoms with Crippen molar-refractivity contribution >= 4 is 21.9 Å². The van der Waals surface area contributed by atoms with Crippen molar-refractivity contribution in [2.45, 2.75) is 25.0 Å². The summed E-state index contributed by atoms with van der Waals surface area (Å²) in [5, 5.41) is 8.91. The summed E-state index contributed by atoms with van der Waals surface area (Å²) in [6.07, 6.45) is -5.12. The van der Waals surface area contributed by atoms with Crippen molar-refractivity contribution in [1.29, 1.82) is 5.26 Å². The Bertz CT molecular complexity index is 567. The van der Waals surface area contributed by atoms with Gasteiger partial charge in [0.05, 0.1) is 24.7 Å². The van der Waals surface area contributed by atoms with Crippen LogP contribution in [0.4, 0.5) is 13.2 Å². The first-order valence-electron chi connectivity index (χ1n) is 5.84. The molecule has 0 atom stereocenters. The number of rotatable bonds is 5. The Morgan fingerprint density at radius 2 is 2.10 bits per heavy atom. The van der Waals surface area contributed by atoms with E-state index in [-0.39, 0.29) is 35.0 Å². The minimum Gasteiger partial charge on any atom is -0.466 e. The molecule has 1 aromatic rings. The highest BCUT2D eigenvalue weighted by Crippen LogP contribution is 2.32. The van der Waals surface area contributed by atoms with E-state index >= 15 is 0 Å². The third-order valence-electron chi connectivity index (χ3n) is 2.43.